The van der Waals surface area contributed by atoms with Gasteiger partial charge in [0.25, 0.3) is 0 Å². The van der Waals surface area contributed by atoms with E-state index < -0.39 is 10.0 Å². The highest BCUT2D eigenvalue weighted by Crippen LogP contribution is 2.19. The molecule has 0 bridgehead atoms. The summed E-state index contributed by atoms with van der Waals surface area (Å²) in [5.74, 6) is -0.0791. The van der Waals surface area contributed by atoms with Crippen LogP contribution in [0, 0.1) is 0 Å². The molecular formula is C14H16ClNO3S2. The molecule has 21 heavy (non-hydrogen) atoms. The second kappa shape index (κ2) is 7.38. The third-order valence-corrected chi connectivity index (χ3v) is 5.23. The average Bonchev–Trinajstić information content (AvgIpc) is 2.96. The average molecular weight is 346 g/mol. The Labute approximate surface area is 133 Å². The molecule has 1 N–H and O–H groups in total. The minimum absolute atomic E-state index is 0.0791. The van der Waals surface area contributed by atoms with Gasteiger partial charge in [-0.05, 0) is 40.1 Å². The van der Waals surface area contributed by atoms with E-state index in [1.807, 2.05) is 16.8 Å². The maximum absolute atomic E-state index is 12.1. The maximum atomic E-state index is 12.1. The van der Waals surface area contributed by atoms with Gasteiger partial charge in [0.05, 0.1) is 11.9 Å². The van der Waals surface area contributed by atoms with Crippen LogP contribution in [0.1, 0.15) is 17.2 Å². The van der Waals surface area contributed by atoms with Gasteiger partial charge in [-0.3, -0.25) is 0 Å². The normalized spacial score (nSPS) is 13.2. The molecule has 114 valence electrons. The number of hydrogen-bond donors (Lipinski definition) is 1. The predicted octanol–water partition coefficient (Wildman–Crippen LogP) is 3.21. The summed E-state index contributed by atoms with van der Waals surface area (Å²) >= 11 is 7.33. The van der Waals surface area contributed by atoms with Crippen LogP contribution in [-0.4, -0.2) is 22.1 Å². The summed E-state index contributed by atoms with van der Waals surface area (Å²) in [6.07, 6.45) is -0.281. The van der Waals surface area contributed by atoms with Gasteiger partial charge >= 0.3 is 0 Å². The van der Waals surface area contributed by atoms with Crippen molar-refractivity contribution < 1.29 is 13.2 Å². The van der Waals surface area contributed by atoms with Crippen LogP contribution < -0.4 is 4.72 Å². The number of rotatable bonds is 7. The van der Waals surface area contributed by atoms with Gasteiger partial charge in [-0.15, -0.1) is 0 Å². The van der Waals surface area contributed by atoms with Crippen molar-refractivity contribution in [2.45, 2.75) is 11.9 Å². The molecular weight excluding hydrogens is 330 g/mol. The van der Waals surface area contributed by atoms with E-state index >= 15 is 0 Å². The fourth-order valence-electron chi connectivity index (χ4n) is 1.85. The molecule has 0 saturated carbocycles. The summed E-state index contributed by atoms with van der Waals surface area (Å²) in [7, 11) is -1.85. The largest absolute Gasteiger partial charge is 0.375 e. The molecule has 0 saturated heterocycles. The Balaban J connectivity index is 1.96. The van der Waals surface area contributed by atoms with E-state index in [1.54, 1.807) is 42.7 Å². The minimum atomic E-state index is -3.41. The lowest BCUT2D eigenvalue weighted by Crippen LogP contribution is -2.30. The van der Waals surface area contributed by atoms with E-state index in [9.17, 15) is 8.42 Å². The van der Waals surface area contributed by atoms with E-state index in [0.717, 1.165) is 5.56 Å². The first-order valence-electron chi connectivity index (χ1n) is 6.27. The van der Waals surface area contributed by atoms with Gasteiger partial charge in [0.15, 0.2) is 0 Å². The molecule has 0 aliphatic rings. The lowest BCUT2D eigenvalue weighted by atomic mass is 10.2. The minimum Gasteiger partial charge on any atom is -0.375 e. The quantitative estimate of drug-likeness (QED) is 0.838. The summed E-state index contributed by atoms with van der Waals surface area (Å²) in [5.41, 5.74) is 1.66. The van der Waals surface area contributed by atoms with Gasteiger partial charge in [0.2, 0.25) is 10.0 Å². The lowest BCUT2D eigenvalue weighted by molar-refractivity contribution is 0.107. The topological polar surface area (TPSA) is 55.4 Å². The molecule has 7 heteroatoms. The molecule has 1 atom stereocenters. The van der Waals surface area contributed by atoms with Crippen LogP contribution in [0.2, 0.25) is 5.02 Å². The monoisotopic (exact) mass is 345 g/mol. The van der Waals surface area contributed by atoms with Crippen LogP contribution in [0.15, 0.2) is 41.1 Å². The summed E-state index contributed by atoms with van der Waals surface area (Å²) in [6, 6.07) is 8.68. The summed E-state index contributed by atoms with van der Waals surface area (Å²) in [6.45, 7) is 0.211. The molecule has 0 fully saturated rings. The standard InChI is InChI=1S/C14H16ClNO3S2/c1-19-14(12-6-7-20-9-12)8-16-21(17,18)10-11-2-4-13(15)5-3-11/h2-7,9,14,16H,8,10H2,1H3. The summed E-state index contributed by atoms with van der Waals surface area (Å²) < 4.78 is 32.1. The van der Waals surface area contributed by atoms with Gasteiger partial charge in [0.1, 0.15) is 0 Å². The Morgan fingerprint density at radius 3 is 2.57 bits per heavy atom. The molecule has 2 aromatic rings. The fourth-order valence-corrected chi connectivity index (χ4v) is 3.82. The van der Waals surface area contributed by atoms with Crippen LogP contribution in [-0.2, 0) is 20.5 Å². The molecule has 1 heterocycles. The van der Waals surface area contributed by atoms with Crippen LogP contribution in [0.3, 0.4) is 0 Å². The maximum Gasteiger partial charge on any atom is 0.215 e. The number of thiophene rings is 1. The molecule has 0 amide bonds. The van der Waals surface area contributed by atoms with E-state index in [1.165, 1.54) is 0 Å². The Kier molecular flexibility index (Phi) is 5.78. The number of benzene rings is 1. The van der Waals surface area contributed by atoms with Crippen LogP contribution >= 0.6 is 22.9 Å². The van der Waals surface area contributed by atoms with Crippen molar-refractivity contribution in [1.82, 2.24) is 4.72 Å². The smallest absolute Gasteiger partial charge is 0.215 e. The van der Waals surface area contributed by atoms with Gasteiger partial charge in [-0.1, -0.05) is 23.7 Å². The van der Waals surface area contributed by atoms with Crippen molar-refractivity contribution in [1.29, 1.82) is 0 Å². The highest BCUT2D eigenvalue weighted by molar-refractivity contribution is 7.88. The summed E-state index contributed by atoms with van der Waals surface area (Å²) in [4.78, 5) is 0. The van der Waals surface area contributed by atoms with Gasteiger partial charge in [0, 0.05) is 18.7 Å². The highest BCUT2D eigenvalue weighted by Gasteiger charge is 2.16. The second-order valence-corrected chi connectivity index (χ2v) is 7.54. The van der Waals surface area contributed by atoms with Gasteiger partial charge in [-0.2, -0.15) is 11.3 Å². The van der Waals surface area contributed by atoms with Gasteiger partial charge < -0.3 is 4.74 Å². The third-order valence-electron chi connectivity index (χ3n) is 2.96. The van der Waals surface area contributed by atoms with Crippen molar-refractivity contribution in [3.05, 3.63) is 57.2 Å². The van der Waals surface area contributed by atoms with Crippen molar-refractivity contribution in [3.8, 4) is 0 Å². The number of sulfonamides is 1. The second-order valence-electron chi connectivity index (χ2n) is 4.52. The van der Waals surface area contributed by atoms with Crippen molar-refractivity contribution in [3.63, 3.8) is 0 Å². The number of nitrogens with one attached hydrogen (secondary N) is 1. The van der Waals surface area contributed by atoms with E-state index in [-0.39, 0.29) is 18.4 Å². The Hall–Kier alpha value is -0.920. The van der Waals surface area contributed by atoms with Gasteiger partial charge in [-0.25, -0.2) is 13.1 Å². The molecule has 1 aromatic heterocycles. The molecule has 2 rings (SSSR count). The third kappa shape index (κ3) is 5.09. The Morgan fingerprint density at radius 1 is 1.29 bits per heavy atom. The summed E-state index contributed by atoms with van der Waals surface area (Å²) in [5, 5.41) is 4.46. The Bertz CT molecular complexity index is 654. The highest BCUT2D eigenvalue weighted by atomic mass is 35.5. The molecule has 0 aliphatic carbocycles. The van der Waals surface area contributed by atoms with Crippen LogP contribution in [0.5, 0.6) is 0 Å². The van der Waals surface area contributed by atoms with E-state index in [4.69, 9.17) is 16.3 Å². The zero-order chi connectivity index (χ0) is 15.3. The van der Waals surface area contributed by atoms with Crippen LogP contribution in [0.4, 0.5) is 0 Å². The van der Waals surface area contributed by atoms with E-state index in [2.05, 4.69) is 4.72 Å². The van der Waals surface area contributed by atoms with Crippen LogP contribution in [0.25, 0.3) is 0 Å². The first kappa shape index (κ1) is 16.5. The molecule has 4 nitrogen and oxygen atoms in total. The zero-order valence-electron chi connectivity index (χ0n) is 11.5. The van der Waals surface area contributed by atoms with Crippen molar-refractivity contribution in [2.75, 3.05) is 13.7 Å². The Morgan fingerprint density at radius 2 is 2.00 bits per heavy atom. The van der Waals surface area contributed by atoms with Crippen molar-refractivity contribution >= 4 is 33.0 Å². The SMILES string of the molecule is COC(CNS(=O)(=O)Cc1ccc(Cl)cc1)c1ccsc1. The number of methoxy groups -OCH3 is 1. The molecule has 1 aromatic carbocycles. The number of halogens is 1. The molecule has 1 unspecified atom stereocenters. The molecule has 0 aliphatic heterocycles. The molecule has 0 spiro atoms. The van der Waals surface area contributed by atoms with E-state index in [0.29, 0.717) is 10.6 Å². The fraction of sp³-hybridized carbons (Fsp3) is 0.286. The number of ether oxygens (including phenoxy) is 1. The number of hydrogen-bond acceptors (Lipinski definition) is 4. The predicted molar refractivity (Wildman–Crippen MR) is 86.1 cm³/mol. The first-order valence-corrected chi connectivity index (χ1v) is 9.24. The first-order chi connectivity index (χ1) is 10.00. The zero-order valence-corrected chi connectivity index (χ0v) is 13.8. The van der Waals surface area contributed by atoms with Crippen molar-refractivity contribution in [2.24, 2.45) is 0 Å². The molecule has 0 radical (unpaired) electrons. The lowest BCUT2D eigenvalue weighted by Gasteiger charge is -2.15.